The van der Waals surface area contributed by atoms with Gasteiger partial charge in [-0.2, -0.15) is 0 Å². The molecule has 33 heavy (non-hydrogen) atoms. The molecule has 2 aromatic carbocycles. The van der Waals surface area contributed by atoms with Crippen LogP contribution in [-0.2, 0) is 9.53 Å². The summed E-state index contributed by atoms with van der Waals surface area (Å²) in [7, 11) is 2.64. The SMILES string of the molecule is COC(=O)C(NC(=O)c1c(OC)c(-c2ccccc2)nc2ccccc12)c1ccc[nH]c1=O. The van der Waals surface area contributed by atoms with Gasteiger partial charge in [-0.25, -0.2) is 9.78 Å². The molecule has 0 aliphatic heterocycles. The zero-order chi connectivity index (χ0) is 23.4. The van der Waals surface area contributed by atoms with Crippen LogP contribution in [0.3, 0.4) is 0 Å². The third-order valence-corrected chi connectivity index (χ3v) is 5.20. The maximum absolute atomic E-state index is 13.6. The van der Waals surface area contributed by atoms with Gasteiger partial charge in [-0.15, -0.1) is 0 Å². The van der Waals surface area contributed by atoms with Gasteiger partial charge in [0.2, 0.25) is 0 Å². The van der Waals surface area contributed by atoms with Crippen LogP contribution in [-0.4, -0.2) is 36.1 Å². The van der Waals surface area contributed by atoms with Gasteiger partial charge in [-0.1, -0.05) is 48.5 Å². The number of para-hydroxylation sites is 1. The number of aromatic nitrogens is 2. The molecule has 0 aliphatic rings. The van der Waals surface area contributed by atoms with E-state index >= 15 is 0 Å². The number of esters is 1. The highest BCUT2D eigenvalue weighted by atomic mass is 16.5. The molecule has 1 atom stereocenters. The predicted molar refractivity (Wildman–Crippen MR) is 123 cm³/mol. The zero-order valence-electron chi connectivity index (χ0n) is 18.0. The first-order chi connectivity index (χ1) is 16.0. The summed E-state index contributed by atoms with van der Waals surface area (Å²) in [5.41, 5.74) is 1.56. The Labute approximate surface area is 189 Å². The van der Waals surface area contributed by atoms with E-state index in [1.54, 1.807) is 24.3 Å². The number of carbonyl (C=O) groups is 2. The Morgan fingerprint density at radius 2 is 1.70 bits per heavy atom. The quantitative estimate of drug-likeness (QED) is 0.443. The summed E-state index contributed by atoms with van der Waals surface area (Å²) >= 11 is 0. The lowest BCUT2D eigenvalue weighted by atomic mass is 10.0. The summed E-state index contributed by atoms with van der Waals surface area (Å²) < 4.78 is 10.5. The van der Waals surface area contributed by atoms with Crippen molar-refractivity contribution in [1.29, 1.82) is 0 Å². The van der Waals surface area contributed by atoms with Crippen molar-refractivity contribution in [3.63, 3.8) is 0 Å². The molecule has 8 nitrogen and oxygen atoms in total. The van der Waals surface area contributed by atoms with Crippen LogP contribution >= 0.6 is 0 Å². The van der Waals surface area contributed by atoms with Crippen molar-refractivity contribution in [3.05, 3.63) is 94.4 Å². The van der Waals surface area contributed by atoms with Gasteiger partial charge < -0.3 is 19.8 Å². The van der Waals surface area contributed by atoms with E-state index in [0.29, 0.717) is 16.6 Å². The summed E-state index contributed by atoms with van der Waals surface area (Å²) in [5, 5.41) is 3.18. The predicted octanol–water partition coefficient (Wildman–Crippen LogP) is 3.24. The van der Waals surface area contributed by atoms with Crippen LogP contribution in [0.15, 0.2) is 77.7 Å². The van der Waals surface area contributed by atoms with Crippen LogP contribution in [0.4, 0.5) is 0 Å². The summed E-state index contributed by atoms with van der Waals surface area (Å²) in [6.45, 7) is 0. The lowest BCUT2D eigenvalue weighted by Gasteiger charge is -2.19. The fourth-order valence-corrected chi connectivity index (χ4v) is 3.66. The van der Waals surface area contributed by atoms with Gasteiger partial charge in [0.1, 0.15) is 5.69 Å². The van der Waals surface area contributed by atoms with Crippen molar-refractivity contribution in [2.75, 3.05) is 14.2 Å². The Hall–Kier alpha value is -4.46. The molecule has 2 aromatic heterocycles. The third kappa shape index (κ3) is 4.18. The topological polar surface area (TPSA) is 110 Å². The molecule has 166 valence electrons. The van der Waals surface area contributed by atoms with Crippen molar-refractivity contribution < 1.29 is 19.1 Å². The molecule has 2 N–H and O–H groups in total. The number of benzene rings is 2. The third-order valence-electron chi connectivity index (χ3n) is 5.20. The number of aromatic amines is 1. The summed E-state index contributed by atoms with van der Waals surface area (Å²) in [6.07, 6.45) is 1.44. The molecule has 8 heteroatoms. The highest BCUT2D eigenvalue weighted by Gasteiger charge is 2.30. The Balaban J connectivity index is 1.89. The summed E-state index contributed by atoms with van der Waals surface area (Å²) in [5.74, 6) is -1.13. The minimum Gasteiger partial charge on any atom is -0.494 e. The van der Waals surface area contributed by atoms with Crippen molar-refractivity contribution in [2.24, 2.45) is 0 Å². The number of carbonyl (C=O) groups excluding carboxylic acids is 2. The first-order valence-electron chi connectivity index (χ1n) is 10.1. The maximum atomic E-state index is 13.6. The molecule has 0 bridgehead atoms. The monoisotopic (exact) mass is 443 g/mol. The van der Waals surface area contributed by atoms with Gasteiger partial charge in [0, 0.05) is 17.1 Å². The minimum atomic E-state index is -1.32. The number of H-pyrrole nitrogens is 1. The number of hydrogen-bond acceptors (Lipinski definition) is 6. The van der Waals surface area contributed by atoms with Crippen LogP contribution < -0.4 is 15.6 Å². The van der Waals surface area contributed by atoms with Crippen molar-refractivity contribution in [3.8, 4) is 17.0 Å². The second-order valence-electron chi connectivity index (χ2n) is 7.14. The van der Waals surface area contributed by atoms with E-state index in [2.05, 4.69) is 10.3 Å². The number of pyridine rings is 2. The lowest BCUT2D eigenvalue weighted by Crippen LogP contribution is -2.38. The minimum absolute atomic E-state index is 0.0540. The smallest absolute Gasteiger partial charge is 0.333 e. The maximum Gasteiger partial charge on any atom is 0.333 e. The largest absolute Gasteiger partial charge is 0.494 e. The number of rotatable bonds is 6. The molecule has 0 radical (unpaired) electrons. The van der Waals surface area contributed by atoms with Gasteiger partial charge in [0.25, 0.3) is 11.5 Å². The van der Waals surface area contributed by atoms with Gasteiger partial charge in [0.15, 0.2) is 11.8 Å². The van der Waals surface area contributed by atoms with Crippen LogP contribution in [0.5, 0.6) is 5.75 Å². The molecule has 1 unspecified atom stereocenters. The van der Waals surface area contributed by atoms with Gasteiger partial charge >= 0.3 is 5.97 Å². The zero-order valence-corrected chi connectivity index (χ0v) is 18.0. The fraction of sp³-hybridized carbons (Fsp3) is 0.120. The second-order valence-corrected chi connectivity index (χ2v) is 7.14. The molecular formula is C25H21N3O5. The molecule has 1 amide bonds. The molecular weight excluding hydrogens is 422 g/mol. The molecule has 0 spiro atoms. The number of hydrogen-bond donors (Lipinski definition) is 2. The average molecular weight is 443 g/mol. The first-order valence-corrected chi connectivity index (χ1v) is 10.1. The molecule has 0 saturated heterocycles. The van der Waals surface area contributed by atoms with Crippen molar-refractivity contribution in [2.45, 2.75) is 6.04 Å². The van der Waals surface area contributed by atoms with Crippen LogP contribution in [0, 0.1) is 0 Å². The Morgan fingerprint density at radius 3 is 2.39 bits per heavy atom. The Kier molecular flexibility index (Phi) is 6.17. The molecule has 2 heterocycles. The summed E-state index contributed by atoms with van der Waals surface area (Å²) in [4.78, 5) is 45.6. The van der Waals surface area contributed by atoms with Gasteiger partial charge in [-0.05, 0) is 18.2 Å². The van der Waals surface area contributed by atoms with E-state index in [0.717, 1.165) is 5.56 Å². The normalized spacial score (nSPS) is 11.6. The average Bonchev–Trinajstić information content (AvgIpc) is 2.86. The van der Waals surface area contributed by atoms with E-state index in [1.807, 2.05) is 36.4 Å². The fourth-order valence-electron chi connectivity index (χ4n) is 3.66. The number of fused-ring (bicyclic) bond motifs is 1. The Bertz CT molecular complexity index is 1380. The molecule has 0 saturated carbocycles. The lowest BCUT2D eigenvalue weighted by molar-refractivity contribution is -0.143. The molecule has 0 fully saturated rings. The van der Waals surface area contributed by atoms with E-state index in [4.69, 9.17) is 14.5 Å². The Morgan fingerprint density at radius 1 is 0.970 bits per heavy atom. The van der Waals surface area contributed by atoms with E-state index in [1.165, 1.54) is 26.5 Å². The molecule has 4 rings (SSSR count). The molecule has 0 aliphatic carbocycles. The van der Waals surface area contributed by atoms with E-state index in [9.17, 15) is 14.4 Å². The number of ether oxygens (including phenoxy) is 2. The number of nitrogens with one attached hydrogen (secondary N) is 2. The van der Waals surface area contributed by atoms with Crippen molar-refractivity contribution in [1.82, 2.24) is 15.3 Å². The van der Waals surface area contributed by atoms with Gasteiger partial charge in [-0.3, -0.25) is 9.59 Å². The number of amides is 1. The van der Waals surface area contributed by atoms with Crippen LogP contribution in [0.2, 0.25) is 0 Å². The highest BCUT2D eigenvalue weighted by molar-refractivity contribution is 6.11. The van der Waals surface area contributed by atoms with Gasteiger partial charge in [0.05, 0.1) is 30.9 Å². The van der Waals surface area contributed by atoms with Crippen LogP contribution in [0.1, 0.15) is 22.0 Å². The second kappa shape index (κ2) is 9.35. The first kappa shape index (κ1) is 21.8. The van der Waals surface area contributed by atoms with E-state index < -0.39 is 23.5 Å². The number of nitrogens with zero attached hydrogens (tertiary/aromatic N) is 1. The standard InChI is InChI=1S/C25H21N3O5/c1-32-22-19(24(30)28-21(25(31)33-2)17-12-8-14-26-23(17)29)16-11-6-7-13-18(16)27-20(22)15-9-4-3-5-10-15/h3-14,21H,1-2H3,(H,26,29)(H,28,30). The highest BCUT2D eigenvalue weighted by Crippen LogP contribution is 2.36. The number of methoxy groups -OCH3 is 2. The molecule has 4 aromatic rings. The van der Waals surface area contributed by atoms with Crippen molar-refractivity contribution >= 4 is 22.8 Å². The van der Waals surface area contributed by atoms with Crippen LogP contribution in [0.25, 0.3) is 22.2 Å². The van der Waals surface area contributed by atoms with E-state index in [-0.39, 0.29) is 16.9 Å². The summed E-state index contributed by atoms with van der Waals surface area (Å²) in [6, 6.07) is 18.2.